The van der Waals surface area contributed by atoms with Crippen molar-refractivity contribution in [1.82, 2.24) is 9.88 Å². The number of furan rings is 1. The van der Waals surface area contributed by atoms with Crippen molar-refractivity contribution in [1.29, 1.82) is 0 Å². The highest BCUT2D eigenvalue weighted by molar-refractivity contribution is 7.21. The number of likely N-dealkylation sites (tertiary alicyclic amines) is 1. The van der Waals surface area contributed by atoms with Crippen LogP contribution in [0, 0.1) is 5.92 Å². The Hall–Kier alpha value is -1.69. The summed E-state index contributed by atoms with van der Waals surface area (Å²) in [5.41, 5.74) is 7.11. The summed E-state index contributed by atoms with van der Waals surface area (Å²) < 4.78 is 7.19. The lowest BCUT2D eigenvalue weighted by molar-refractivity contribution is 0.289. The summed E-state index contributed by atoms with van der Waals surface area (Å²) in [5.74, 6) is 2.39. The molecule has 1 aliphatic heterocycles. The van der Waals surface area contributed by atoms with Crippen molar-refractivity contribution in [2.24, 2.45) is 11.7 Å². The monoisotopic (exact) mass is 313 g/mol. The van der Waals surface area contributed by atoms with Crippen molar-refractivity contribution < 1.29 is 4.42 Å². The van der Waals surface area contributed by atoms with E-state index < -0.39 is 0 Å². The molecular weight excluding hydrogens is 294 g/mol. The molecule has 0 saturated carbocycles. The zero-order chi connectivity index (χ0) is 15.1. The lowest BCUT2D eigenvalue weighted by Gasteiger charge is -2.12. The minimum atomic E-state index is 0.277. The first-order chi connectivity index (χ1) is 10.7. The maximum Gasteiger partial charge on any atom is 0.163 e. The van der Waals surface area contributed by atoms with Gasteiger partial charge in [-0.05, 0) is 30.2 Å². The third-order valence-electron chi connectivity index (χ3n) is 4.29. The molecule has 1 aromatic carbocycles. The lowest BCUT2D eigenvalue weighted by Crippen LogP contribution is -2.28. The molecule has 3 heterocycles. The van der Waals surface area contributed by atoms with Gasteiger partial charge >= 0.3 is 0 Å². The number of hydrogen-bond acceptors (Lipinski definition) is 5. The first-order valence-electron chi connectivity index (χ1n) is 7.61. The number of hydrogen-bond donors (Lipinski definition) is 1. The van der Waals surface area contributed by atoms with Crippen LogP contribution in [0.25, 0.3) is 21.0 Å². The molecule has 2 atom stereocenters. The van der Waals surface area contributed by atoms with Crippen LogP contribution in [0.4, 0.5) is 0 Å². The van der Waals surface area contributed by atoms with Crippen molar-refractivity contribution in [3.63, 3.8) is 0 Å². The second-order valence-corrected chi connectivity index (χ2v) is 7.12. The molecule has 2 N–H and O–H groups in total. The fourth-order valence-corrected chi connectivity index (χ4v) is 3.93. The van der Waals surface area contributed by atoms with Gasteiger partial charge in [0.2, 0.25) is 0 Å². The van der Waals surface area contributed by atoms with E-state index in [4.69, 9.17) is 10.2 Å². The van der Waals surface area contributed by atoms with E-state index in [2.05, 4.69) is 28.9 Å². The topological polar surface area (TPSA) is 55.3 Å². The molecule has 114 valence electrons. The molecular formula is C17H19N3OS. The molecule has 2 aromatic heterocycles. The van der Waals surface area contributed by atoms with Crippen molar-refractivity contribution >= 4 is 21.6 Å². The highest BCUT2D eigenvalue weighted by Crippen LogP contribution is 2.31. The van der Waals surface area contributed by atoms with Crippen LogP contribution in [0.1, 0.15) is 12.7 Å². The van der Waals surface area contributed by atoms with Gasteiger partial charge in [0.25, 0.3) is 0 Å². The number of rotatable bonds is 3. The molecule has 0 amide bonds. The van der Waals surface area contributed by atoms with E-state index >= 15 is 0 Å². The van der Waals surface area contributed by atoms with Gasteiger partial charge in [-0.25, -0.2) is 4.98 Å². The number of benzene rings is 1. The molecule has 4 rings (SSSR count). The Balaban J connectivity index is 1.54. The molecule has 0 bridgehead atoms. The first-order valence-corrected chi connectivity index (χ1v) is 8.43. The molecule has 0 radical (unpaired) electrons. The maximum atomic E-state index is 6.08. The number of nitrogens with two attached hydrogens (primary N) is 1. The van der Waals surface area contributed by atoms with E-state index in [9.17, 15) is 0 Å². The van der Waals surface area contributed by atoms with Gasteiger partial charge in [0.15, 0.2) is 10.8 Å². The van der Waals surface area contributed by atoms with Crippen LogP contribution in [0.15, 0.2) is 40.8 Å². The number of aromatic nitrogens is 1. The summed E-state index contributed by atoms with van der Waals surface area (Å²) >= 11 is 1.67. The fraction of sp³-hybridized carbons (Fsp3) is 0.353. The Morgan fingerprint density at radius 1 is 1.27 bits per heavy atom. The predicted molar refractivity (Wildman–Crippen MR) is 89.7 cm³/mol. The molecule has 0 aliphatic carbocycles. The standard InChI is InChI=1S/C17H19N3OS/c1-11-8-20(10-13(11)18)9-12-6-7-15(21-12)17-19-14-4-2-3-5-16(14)22-17/h2-7,11,13H,8-10,18H2,1H3. The van der Waals surface area contributed by atoms with E-state index in [1.165, 1.54) is 4.70 Å². The van der Waals surface area contributed by atoms with E-state index in [1.54, 1.807) is 11.3 Å². The predicted octanol–water partition coefficient (Wildman–Crippen LogP) is 3.34. The van der Waals surface area contributed by atoms with E-state index in [0.717, 1.165) is 41.7 Å². The minimum absolute atomic E-state index is 0.277. The summed E-state index contributed by atoms with van der Waals surface area (Å²) in [6.07, 6.45) is 0. The lowest BCUT2D eigenvalue weighted by atomic mass is 10.1. The van der Waals surface area contributed by atoms with Gasteiger partial charge in [0.05, 0.1) is 16.8 Å². The van der Waals surface area contributed by atoms with Crippen LogP contribution < -0.4 is 5.73 Å². The maximum absolute atomic E-state index is 6.08. The van der Waals surface area contributed by atoms with Gasteiger partial charge in [-0.1, -0.05) is 19.1 Å². The largest absolute Gasteiger partial charge is 0.457 e. The van der Waals surface area contributed by atoms with Gasteiger partial charge in [0, 0.05) is 19.1 Å². The van der Waals surface area contributed by atoms with Crippen LogP contribution in [-0.2, 0) is 6.54 Å². The average Bonchev–Trinajstić information content (AvgIpc) is 3.18. The summed E-state index contributed by atoms with van der Waals surface area (Å²) in [6, 6.07) is 12.5. The first kappa shape index (κ1) is 13.9. The summed E-state index contributed by atoms with van der Waals surface area (Å²) in [7, 11) is 0. The second kappa shape index (κ2) is 5.50. The molecule has 4 nitrogen and oxygen atoms in total. The van der Waals surface area contributed by atoms with Crippen LogP contribution in [0.2, 0.25) is 0 Å². The zero-order valence-corrected chi connectivity index (χ0v) is 13.3. The number of nitrogens with zero attached hydrogens (tertiary/aromatic N) is 2. The van der Waals surface area contributed by atoms with Gasteiger partial charge in [0.1, 0.15) is 5.76 Å². The van der Waals surface area contributed by atoms with Crippen LogP contribution in [0.5, 0.6) is 0 Å². The summed E-state index contributed by atoms with van der Waals surface area (Å²) in [6.45, 7) is 5.01. The molecule has 1 saturated heterocycles. The van der Waals surface area contributed by atoms with Gasteiger partial charge < -0.3 is 10.2 Å². The highest BCUT2D eigenvalue weighted by Gasteiger charge is 2.27. The van der Waals surface area contributed by atoms with Crippen LogP contribution in [-0.4, -0.2) is 29.0 Å². The number of fused-ring (bicyclic) bond motifs is 1. The molecule has 1 fully saturated rings. The fourth-order valence-electron chi connectivity index (χ4n) is 3.00. The van der Waals surface area contributed by atoms with Crippen molar-refractivity contribution in [3.05, 3.63) is 42.2 Å². The summed E-state index contributed by atoms with van der Waals surface area (Å²) in [5, 5.41) is 0.943. The molecule has 3 aromatic rings. The molecule has 22 heavy (non-hydrogen) atoms. The van der Waals surface area contributed by atoms with Gasteiger partial charge in [-0.2, -0.15) is 0 Å². The average molecular weight is 313 g/mol. The van der Waals surface area contributed by atoms with Gasteiger partial charge in [-0.3, -0.25) is 4.90 Å². The minimum Gasteiger partial charge on any atom is -0.457 e. The Morgan fingerprint density at radius 3 is 2.91 bits per heavy atom. The summed E-state index contributed by atoms with van der Waals surface area (Å²) in [4.78, 5) is 7.00. The Kier molecular flexibility index (Phi) is 3.48. The Morgan fingerprint density at radius 2 is 2.14 bits per heavy atom. The Labute approximate surface area is 133 Å². The smallest absolute Gasteiger partial charge is 0.163 e. The van der Waals surface area contributed by atoms with Gasteiger partial charge in [-0.15, -0.1) is 11.3 Å². The molecule has 5 heteroatoms. The SMILES string of the molecule is CC1CN(Cc2ccc(-c3nc4ccccc4s3)o2)CC1N. The van der Waals surface area contributed by atoms with Crippen molar-refractivity contribution in [2.45, 2.75) is 19.5 Å². The van der Waals surface area contributed by atoms with Crippen molar-refractivity contribution in [2.75, 3.05) is 13.1 Å². The van der Waals surface area contributed by atoms with Crippen LogP contribution >= 0.6 is 11.3 Å². The molecule has 1 aliphatic rings. The van der Waals surface area contributed by atoms with E-state index in [1.807, 2.05) is 24.3 Å². The zero-order valence-electron chi connectivity index (χ0n) is 12.5. The number of para-hydroxylation sites is 1. The molecule has 0 spiro atoms. The third kappa shape index (κ3) is 2.56. The van der Waals surface area contributed by atoms with Crippen molar-refractivity contribution in [3.8, 4) is 10.8 Å². The van der Waals surface area contributed by atoms with Crippen LogP contribution in [0.3, 0.4) is 0 Å². The molecule has 2 unspecified atom stereocenters. The highest BCUT2D eigenvalue weighted by atomic mass is 32.1. The number of thiazole rings is 1. The quantitative estimate of drug-likeness (QED) is 0.806. The third-order valence-corrected chi connectivity index (χ3v) is 5.34. The normalized spacial score (nSPS) is 22.6. The second-order valence-electron chi connectivity index (χ2n) is 6.09. The Bertz CT molecular complexity index is 751. The van der Waals surface area contributed by atoms with E-state index in [-0.39, 0.29) is 6.04 Å². The van der Waals surface area contributed by atoms with E-state index in [0.29, 0.717) is 5.92 Å².